The summed E-state index contributed by atoms with van der Waals surface area (Å²) in [6.07, 6.45) is 0.786. The van der Waals surface area contributed by atoms with Gasteiger partial charge in [-0.3, -0.25) is 9.59 Å². The van der Waals surface area contributed by atoms with E-state index >= 15 is 0 Å². The van der Waals surface area contributed by atoms with Crippen LogP contribution in [0.25, 0.3) is 11.6 Å². The van der Waals surface area contributed by atoms with E-state index < -0.39 is 12.1 Å². The molecule has 3 N–H and O–H groups in total. The van der Waals surface area contributed by atoms with Gasteiger partial charge in [0, 0.05) is 49.6 Å². The van der Waals surface area contributed by atoms with Crippen LogP contribution in [-0.4, -0.2) is 60.4 Å². The first-order valence-electron chi connectivity index (χ1n) is 11.8. The summed E-state index contributed by atoms with van der Waals surface area (Å²) in [4.78, 5) is 43.2. The molecule has 3 aromatic heterocycles. The van der Waals surface area contributed by atoms with Gasteiger partial charge in [0.2, 0.25) is 5.95 Å². The SMILES string of the molecule is CNC(=O)c1cnc(-n2c(=O)c3c(n4ncc(Cc5ccccc5)c24)CNC(C)C3)nc1.O=C(O)C(F)(F)F. The van der Waals surface area contributed by atoms with E-state index in [4.69, 9.17) is 9.90 Å². The minimum Gasteiger partial charge on any atom is -0.475 e. The highest BCUT2D eigenvalue weighted by Crippen LogP contribution is 2.22. The number of halogens is 3. The number of fused-ring (bicyclic) bond motifs is 3. The van der Waals surface area contributed by atoms with Crippen LogP contribution in [-0.2, 0) is 24.2 Å². The Morgan fingerprint density at radius 2 is 1.79 bits per heavy atom. The summed E-state index contributed by atoms with van der Waals surface area (Å²) in [5.41, 5.74) is 4.40. The maximum Gasteiger partial charge on any atom is 0.490 e. The highest BCUT2D eigenvalue weighted by Gasteiger charge is 2.38. The number of hydrogen-bond acceptors (Lipinski definition) is 7. The van der Waals surface area contributed by atoms with Crippen LogP contribution in [0, 0.1) is 0 Å². The second-order valence-electron chi connectivity index (χ2n) is 8.77. The average Bonchev–Trinajstić information content (AvgIpc) is 3.32. The molecule has 0 fully saturated rings. The van der Waals surface area contributed by atoms with Crippen LogP contribution in [0.2, 0.25) is 0 Å². The van der Waals surface area contributed by atoms with Gasteiger partial charge in [-0.25, -0.2) is 23.8 Å². The van der Waals surface area contributed by atoms with Crippen molar-refractivity contribution >= 4 is 17.5 Å². The summed E-state index contributed by atoms with van der Waals surface area (Å²) < 4.78 is 35.1. The lowest BCUT2D eigenvalue weighted by atomic mass is 10.0. The highest BCUT2D eigenvalue weighted by molar-refractivity contribution is 5.93. The van der Waals surface area contributed by atoms with Gasteiger partial charge in [-0.1, -0.05) is 30.3 Å². The van der Waals surface area contributed by atoms with Gasteiger partial charge in [-0.15, -0.1) is 0 Å². The molecule has 14 heteroatoms. The largest absolute Gasteiger partial charge is 0.490 e. The number of amides is 1. The Labute approximate surface area is 219 Å². The lowest BCUT2D eigenvalue weighted by Crippen LogP contribution is -2.40. The van der Waals surface area contributed by atoms with Crippen molar-refractivity contribution in [2.45, 2.75) is 38.5 Å². The van der Waals surface area contributed by atoms with Crippen LogP contribution >= 0.6 is 0 Å². The number of aliphatic carboxylic acids is 1. The predicted octanol–water partition coefficient (Wildman–Crippen LogP) is 1.89. The molecule has 39 heavy (non-hydrogen) atoms. The first-order chi connectivity index (χ1) is 18.5. The van der Waals surface area contributed by atoms with Gasteiger partial charge in [-0.05, 0) is 18.9 Å². The second kappa shape index (κ2) is 11.0. The van der Waals surface area contributed by atoms with Crippen molar-refractivity contribution in [1.82, 2.24) is 34.8 Å². The minimum absolute atomic E-state index is 0.150. The van der Waals surface area contributed by atoms with Crippen molar-refractivity contribution in [3.8, 4) is 5.95 Å². The molecule has 0 aliphatic carbocycles. The summed E-state index contributed by atoms with van der Waals surface area (Å²) in [6, 6.07) is 10.2. The van der Waals surface area contributed by atoms with Crippen LogP contribution in [0.15, 0.2) is 53.7 Å². The van der Waals surface area contributed by atoms with Crippen LogP contribution in [0.3, 0.4) is 0 Å². The molecule has 1 unspecified atom stereocenters. The Kier molecular flexibility index (Phi) is 7.76. The molecule has 1 aromatic carbocycles. The third-order valence-corrected chi connectivity index (χ3v) is 6.03. The van der Waals surface area contributed by atoms with Crippen molar-refractivity contribution in [3.63, 3.8) is 0 Å². The first kappa shape index (κ1) is 27.4. The number of aromatic nitrogens is 5. The van der Waals surface area contributed by atoms with Gasteiger partial charge >= 0.3 is 12.1 Å². The number of carbonyl (C=O) groups is 2. The summed E-state index contributed by atoms with van der Waals surface area (Å²) in [6.45, 7) is 2.61. The van der Waals surface area contributed by atoms with Crippen LogP contribution in [0.4, 0.5) is 13.2 Å². The standard InChI is InChI=1S/C23H23N7O2.C2HF3O2/c1-14-8-18-19(13-25-14)30-21(16(12-28-30)9-15-6-4-3-5-7-15)29(22(18)32)23-26-10-17(11-27-23)20(31)24-2;3-2(4,5)1(6)7/h3-7,10-12,14,25H,8-9,13H2,1-2H3,(H,24,31);(H,6,7). The molecule has 0 spiro atoms. The van der Waals surface area contributed by atoms with E-state index in [9.17, 15) is 22.8 Å². The van der Waals surface area contributed by atoms with Crippen LogP contribution in [0.1, 0.15) is 39.7 Å². The van der Waals surface area contributed by atoms with E-state index in [1.165, 1.54) is 17.0 Å². The summed E-state index contributed by atoms with van der Waals surface area (Å²) in [5.74, 6) is -2.82. The molecule has 4 heterocycles. The Balaban J connectivity index is 0.000000448. The zero-order valence-corrected chi connectivity index (χ0v) is 20.9. The molecular weight excluding hydrogens is 519 g/mol. The number of nitrogens with one attached hydrogen (secondary N) is 2. The van der Waals surface area contributed by atoms with Crippen molar-refractivity contribution in [2.24, 2.45) is 0 Å². The summed E-state index contributed by atoms with van der Waals surface area (Å²) in [5, 5.41) is 17.7. The van der Waals surface area contributed by atoms with Gasteiger partial charge in [0.15, 0.2) is 0 Å². The Morgan fingerprint density at radius 1 is 1.15 bits per heavy atom. The minimum atomic E-state index is -5.08. The number of rotatable bonds is 4. The number of benzene rings is 1. The second-order valence-corrected chi connectivity index (χ2v) is 8.77. The number of nitrogens with zero attached hydrogens (tertiary/aromatic N) is 5. The number of carboxylic acid groups (broad SMARTS) is 1. The quantitative estimate of drug-likeness (QED) is 0.354. The molecular formula is C25H24F3N7O4. The van der Waals surface area contributed by atoms with E-state index in [0.717, 1.165) is 16.8 Å². The fourth-order valence-corrected chi connectivity index (χ4v) is 4.15. The maximum absolute atomic E-state index is 13.7. The molecule has 1 amide bonds. The topological polar surface area (TPSA) is 144 Å². The fourth-order valence-electron chi connectivity index (χ4n) is 4.15. The van der Waals surface area contributed by atoms with E-state index in [1.807, 2.05) is 34.8 Å². The van der Waals surface area contributed by atoms with Gasteiger partial charge in [0.25, 0.3) is 11.5 Å². The van der Waals surface area contributed by atoms with Gasteiger partial charge in [0.1, 0.15) is 5.65 Å². The lowest BCUT2D eigenvalue weighted by Gasteiger charge is -2.24. The third-order valence-electron chi connectivity index (χ3n) is 6.03. The molecule has 0 saturated carbocycles. The van der Waals surface area contributed by atoms with E-state index in [-0.39, 0.29) is 23.5 Å². The zero-order chi connectivity index (χ0) is 28.3. The Hall–Kier alpha value is -4.59. The van der Waals surface area contributed by atoms with Gasteiger partial charge in [0.05, 0.1) is 17.5 Å². The molecule has 0 saturated heterocycles. The first-order valence-corrected chi connectivity index (χ1v) is 11.8. The highest BCUT2D eigenvalue weighted by atomic mass is 19.4. The molecule has 4 aromatic rings. The molecule has 0 bridgehead atoms. The van der Waals surface area contributed by atoms with Crippen molar-refractivity contribution in [2.75, 3.05) is 7.05 Å². The Morgan fingerprint density at radius 3 is 2.38 bits per heavy atom. The summed E-state index contributed by atoms with van der Waals surface area (Å²) >= 11 is 0. The molecule has 204 valence electrons. The van der Waals surface area contributed by atoms with Crippen LogP contribution < -0.4 is 16.2 Å². The average molecular weight is 544 g/mol. The maximum atomic E-state index is 13.7. The van der Waals surface area contributed by atoms with Crippen LogP contribution in [0.5, 0.6) is 0 Å². The van der Waals surface area contributed by atoms with E-state index in [1.54, 1.807) is 13.2 Å². The van der Waals surface area contributed by atoms with Crippen molar-refractivity contribution < 1.29 is 27.9 Å². The Bertz CT molecular complexity index is 1570. The molecule has 1 aliphatic heterocycles. The van der Waals surface area contributed by atoms with Gasteiger partial charge in [-0.2, -0.15) is 18.3 Å². The molecule has 5 rings (SSSR count). The van der Waals surface area contributed by atoms with E-state index in [2.05, 4.69) is 32.6 Å². The molecule has 11 nitrogen and oxygen atoms in total. The fraction of sp³-hybridized carbons (Fsp3) is 0.280. The smallest absolute Gasteiger partial charge is 0.475 e. The number of carboxylic acids is 1. The van der Waals surface area contributed by atoms with Crippen molar-refractivity contribution in [3.05, 3.63) is 87.2 Å². The monoisotopic (exact) mass is 543 g/mol. The predicted molar refractivity (Wildman–Crippen MR) is 133 cm³/mol. The molecule has 0 radical (unpaired) electrons. The number of hydrogen-bond donors (Lipinski definition) is 3. The zero-order valence-electron chi connectivity index (χ0n) is 20.9. The normalized spacial score (nSPS) is 14.7. The number of alkyl halides is 3. The van der Waals surface area contributed by atoms with E-state index in [0.29, 0.717) is 36.2 Å². The van der Waals surface area contributed by atoms with Crippen molar-refractivity contribution in [1.29, 1.82) is 0 Å². The molecule has 1 aliphatic rings. The third kappa shape index (κ3) is 5.80. The number of carbonyl (C=O) groups excluding carboxylic acids is 1. The molecule has 1 atom stereocenters. The summed E-state index contributed by atoms with van der Waals surface area (Å²) in [7, 11) is 1.55. The van der Waals surface area contributed by atoms with Gasteiger partial charge < -0.3 is 15.7 Å². The lowest BCUT2D eigenvalue weighted by molar-refractivity contribution is -0.192.